The first-order chi connectivity index (χ1) is 13.3. The fourth-order valence-corrected chi connectivity index (χ4v) is 2.56. The van der Waals surface area contributed by atoms with Gasteiger partial charge in [-0.1, -0.05) is 6.07 Å². The maximum Gasteiger partial charge on any atom is 0.272 e. The van der Waals surface area contributed by atoms with Crippen molar-refractivity contribution in [2.45, 2.75) is 13.1 Å². The van der Waals surface area contributed by atoms with E-state index in [1.807, 2.05) is 30.3 Å². The molecule has 136 valence electrons. The summed E-state index contributed by atoms with van der Waals surface area (Å²) in [5, 5.41) is 14.0. The first kappa shape index (κ1) is 16.8. The standard InChI is InChI=1S/C19H17N5O3/c25-19(22-11-14-1-3-16-17(9-14)27-12-26-16)15-2-4-18(24-23-15)21-10-13-5-7-20-8-6-13/h1-9H,10-12H2,(H,21,24)(H,22,25). The zero-order valence-electron chi connectivity index (χ0n) is 14.4. The fourth-order valence-electron chi connectivity index (χ4n) is 2.56. The van der Waals surface area contributed by atoms with Crippen molar-refractivity contribution in [3.8, 4) is 11.5 Å². The number of aromatic nitrogens is 3. The predicted octanol–water partition coefficient (Wildman–Crippen LogP) is 2.14. The molecule has 0 saturated heterocycles. The van der Waals surface area contributed by atoms with Crippen molar-refractivity contribution in [2.24, 2.45) is 0 Å². The minimum atomic E-state index is -0.291. The first-order valence-corrected chi connectivity index (χ1v) is 8.41. The lowest BCUT2D eigenvalue weighted by molar-refractivity contribution is 0.0945. The lowest BCUT2D eigenvalue weighted by Crippen LogP contribution is -2.24. The Labute approximate surface area is 155 Å². The zero-order chi connectivity index (χ0) is 18.5. The third kappa shape index (κ3) is 4.12. The molecule has 0 bridgehead atoms. The topological polar surface area (TPSA) is 98.3 Å². The Kier molecular flexibility index (Phi) is 4.78. The van der Waals surface area contributed by atoms with E-state index in [0.717, 1.165) is 11.1 Å². The van der Waals surface area contributed by atoms with Gasteiger partial charge in [0.05, 0.1) is 0 Å². The smallest absolute Gasteiger partial charge is 0.272 e. The molecule has 0 aliphatic carbocycles. The number of carbonyl (C=O) groups is 1. The van der Waals surface area contributed by atoms with Crippen molar-refractivity contribution in [3.63, 3.8) is 0 Å². The van der Waals surface area contributed by atoms with Crippen LogP contribution in [0.15, 0.2) is 54.9 Å². The monoisotopic (exact) mass is 363 g/mol. The SMILES string of the molecule is O=C(NCc1ccc2c(c1)OCO2)c1ccc(NCc2ccncc2)nn1. The molecule has 0 saturated carbocycles. The minimum absolute atomic E-state index is 0.224. The molecule has 0 spiro atoms. The highest BCUT2D eigenvalue weighted by molar-refractivity contribution is 5.92. The number of fused-ring (bicyclic) bond motifs is 1. The van der Waals surface area contributed by atoms with Gasteiger partial charge in [0.25, 0.3) is 5.91 Å². The number of hydrogen-bond donors (Lipinski definition) is 2. The Hall–Kier alpha value is -3.68. The number of amides is 1. The van der Waals surface area contributed by atoms with Gasteiger partial charge in [-0.05, 0) is 47.5 Å². The summed E-state index contributed by atoms with van der Waals surface area (Å²) < 4.78 is 10.6. The third-order valence-corrected chi connectivity index (χ3v) is 4.01. The normalized spacial score (nSPS) is 11.9. The van der Waals surface area contributed by atoms with Gasteiger partial charge < -0.3 is 20.1 Å². The summed E-state index contributed by atoms with van der Waals surface area (Å²) in [5.41, 5.74) is 2.25. The number of nitrogens with one attached hydrogen (secondary N) is 2. The van der Waals surface area contributed by atoms with Crippen LogP contribution in [0.4, 0.5) is 5.82 Å². The quantitative estimate of drug-likeness (QED) is 0.692. The van der Waals surface area contributed by atoms with Crippen molar-refractivity contribution in [1.29, 1.82) is 0 Å². The van der Waals surface area contributed by atoms with Crippen molar-refractivity contribution in [3.05, 3.63) is 71.7 Å². The first-order valence-electron chi connectivity index (χ1n) is 8.41. The number of ether oxygens (including phenoxy) is 2. The number of nitrogens with zero attached hydrogens (tertiary/aromatic N) is 3. The molecule has 1 aliphatic rings. The van der Waals surface area contributed by atoms with E-state index >= 15 is 0 Å². The van der Waals surface area contributed by atoms with Crippen LogP contribution in [0.5, 0.6) is 11.5 Å². The number of rotatable bonds is 6. The van der Waals surface area contributed by atoms with Crippen molar-refractivity contribution in [2.75, 3.05) is 12.1 Å². The van der Waals surface area contributed by atoms with Crippen molar-refractivity contribution < 1.29 is 14.3 Å². The van der Waals surface area contributed by atoms with E-state index in [1.54, 1.807) is 24.5 Å². The van der Waals surface area contributed by atoms with Gasteiger partial charge in [-0.3, -0.25) is 9.78 Å². The van der Waals surface area contributed by atoms with Crippen molar-refractivity contribution in [1.82, 2.24) is 20.5 Å². The van der Waals surface area contributed by atoms with Crippen LogP contribution in [0.2, 0.25) is 0 Å². The Morgan fingerprint density at radius 3 is 2.59 bits per heavy atom. The van der Waals surface area contributed by atoms with Gasteiger partial charge in [0.15, 0.2) is 17.2 Å². The molecule has 8 heteroatoms. The molecule has 3 heterocycles. The molecule has 27 heavy (non-hydrogen) atoms. The van der Waals surface area contributed by atoms with Crippen LogP contribution in [-0.4, -0.2) is 27.9 Å². The van der Waals surface area contributed by atoms with E-state index in [-0.39, 0.29) is 18.4 Å². The van der Waals surface area contributed by atoms with Crippen LogP contribution < -0.4 is 20.1 Å². The third-order valence-electron chi connectivity index (χ3n) is 4.01. The molecule has 8 nitrogen and oxygen atoms in total. The molecule has 1 amide bonds. The predicted molar refractivity (Wildman–Crippen MR) is 97.3 cm³/mol. The molecule has 1 aromatic carbocycles. The minimum Gasteiger partial charge on any atom is -0.454 e. The Balaban J connectivity index is 1.31. The summed E-state index contributed by atoms with van der Waals surface area (Å²) in [5.74, 6) is 1.71. The zero-order valence-corrected chi connectivity index (χ0v) is 14.4. The summed E-state index contributed by atoms with van der Waals surface area (Å²) in [6.07, 6.45) is 3.46. The van der Waals surface area contributed by atoms with Gasteiger partial charge in [-0.15, -0.1) is 10.2 Å². The van der Waals surface area contributed by atoms with Crippen LogP contribution in [-0.2, 0) is 13.1 Å². The van der Waals surface area contributed by atoms with E-state index in [2.05, 4.69) is 25.8 Å². The lowest BCUT2D eigenvalue weighted by Gasteiger charge is -2.07. The molecule has 2 N–H and O–H groups in total. The van der Waals surface area contributed by atoms with Gasteiger partial charge in [0, 0.05) is 25.5 Å². The summed E-state index contributed by atoms with van der Waals surface area (Å²) >= 11 is 0. The highest BCUT2D eigenvalue weighted by Crippen LogP contribution is 2.32. The molecule has 0 fully saturated rings. The molecule has 0 atom stereocenters. The van der Waals surface area contributed by atoms with Gasteiger partial charge in [-0.2, -0.15) is 0 Å². The molecular weight excluding hydrogens is 346 g/mol. The van der Waals surface area contributed by atoms with E-state index in [9.17, 15) is 4.79 Å². The van der Waals surface area contributed by atoms with Crippen LogP contribution >= 0.6 is 0 Å². The molecule has 0 unspecified atom stereocenters. The number of hydrogen-bond acceptors (Lipinski definition) is 7. The van der Waals surface area contributed by atoms with E-state index < -0.39 is 0 Å². The van der Waals surface area contributed by atoms with Gasteiger partial charge in [0.2, 0.25) is 6.79 Å². The Morgan fingerprint density at radius 1 is 0.926 bits per heavy atom. The number of carbonyl (C=O) groups excluding carboxylic acids is 1. The largest absolute Gasteiger partial charge is 0.454 e. The van der Waals surface area contributed by atoms with Gasteiger partial charge >= 0.3 is 0 Å². The second-order valence-corrected chi connectivity index (χ2v) is 5.88. The summed E-state index contributed by atoms with van der Waals surface area (Å²) in [6, 6.07) is 12.7. The molecular formula is C19H17N5O3. The molecule has 1 aliphatic heterocycles. The van der Waals surface area contributed by atoms with Gasteiger partial charge in [0.1, 0.15) is 5.82 Å². The Bertz CT molecular complexity index is 932. The molecule has 0 radical (unpaired) electrons. The van der Waals surface area contributed by atoms with E-state index in [1.165, 1.54) is 0 Å². The average Bonchev–Trinajstić information content (AvgIpc) is 3.19. The average molecular weight is 363 g/mol. The number of pyridine rings is 1. The lowest BCUT2D eigenvalue weighted by atomic mass is 10.2. The fraction of sp³-hybridized carbons (Fsp3) is 0.158. The van der Waals surface area contributed by atoms with Crippen LogP contribution in [0.3, 0.4) is 0 Å². The second-order valence-electron chi connectivity index (χ2n) is 5.88. The Morgan fingerprint density at radius 2 is 1.78 bits per heavy atom. The van der Waals surface area contributed by atoms with Crippen molar-refractivity contribution >= 4 is 11.7 Å². The molecule has 3 aromatic rings. The number of benzene rings is 1. The number of anilines is 1. The summed E-state index contributed by atoms with van der Waals surface area (Å²) in [7, 11) is 0. The highest BCUT2D eigenvalue weighted by Gasteiger charge is 2.14. The van der Waals surface area contributed by atoms with Crippen LogP contribution in [0.25, 0.3) is 0 Å². The molecule has 2 aromatic heterocycles. The van der Waals surface area contributed by atoms with Crippen LogP contribution in [0, 0.1) is 0 Å². The summed E-state index contributed by atoms with van der Waals surface area (Å²) in [4.78, 5) is 16.2. The maximum absolute atomic E-state index is 12.2. The second kappa shape index (κ2) is 7.69. The van der Waals surface area contributed by atoms with Crippen LogP contribution in [0.1, 0.15) is 21.6 Å². The van der Waals surface area contributed by atoms with E-state index in [0.29, 0.717) is 30.4 Å². The summed E-state index contributed by atoms with van der Waals surface area (Å²) in [6.45, 7) is 1.19. The van der Waals surface area contributed by atoms with Gasteiger partial charge in [-0.25, -0.2) is 0 Å². The maximum atomic E-state index is 12.2. The highest BCUT2D eigenvalue weighted by atomic mass is 16.7. The van der Waals surface area contributed by atoms with E-state index in [4.69, 9.17) is 9.47 Å². The molecule has 4 rings (SSSR count).